The monoisotopic (exact) mass is 578 g/mol. The zero-order chi connectivity index (χ0) is 29.5. The molecule has 8 heteroatoms. The van der Waals surface area contributed by atoms with Crippen molar-refractivity contribution in [2.24, 2.45) is 11.8 Å². The first-order valence-corrected chi connectivity index (χ1v) is 15.3. The highest BCUT2D eigenvalue weighted by Gasteiger charge is 2.32. The van der Waals surface area contributed by atoms with Gasteiger partial charge in [0.15, 0.2) is 0 Å². The molecule has 1 aliphatic heterocycles. The smallest absolute Gasteiger partial charge is 0.371 e. The second-order valence-electron chi connectivity index (χ2n) is 11.8. The molecule has 0 radical (unpaired) electrons. The van der Waals surface area contributed by atoms with Crippen molar-refractivity contribution >= 4 is 17.4 Å². The van der Waals surface area contributed by atoms with E-state index in [0.717, 1.165) is 67.8 Å². The van der Waals surface area contributed by atoms with Gasteiger partial charge < -0.3 is 15.5 Å². The minimum atomic E-state index is -4.31. The van der Waals surface area contributed by atoms with Crippen LogP contribution >= 0.6 is 0 Å². The van der Waals surface area contributed by atoms with Crippen LogP contribution in [0.5, 0.6) is 0 Å². The predicted molar refractivity (Wildman–Crippen MR) is 163 cm³/mol. The number of anilines is 2. The summed E-state index contributed by atoms with van der Waals surface area (Å²) in [6.07, 6.45) is 6.38. The SMILES string of the molecule is CCCNC(=O)c1cccc(-c2ccnc(N[C@@H]3CCCC[C@H]3C[C@H]3CCCN(c4ccc(C(F)(F)F)cc4)C3)c2)c1. The molecule has 2 aromatic carbocycles. The van der Waals surface area contributed by atoms with Gasteiger partial charge in [-0.2, -0.15) is 13.2 Å². The minimum Gasteiger partial charge on any atom is -0.371 e. The van der Waals surface area contributed by atoms with E-state index < -0.39 is 11.7 Å². The Balaban J connectivity index is 1.23. The number of amides is 1. The number of nitrogens with one attached hydrogen (secondary N) is 2. The minimum absolute atomic E-state index is 0.0595. The summed E-state index contributed by atoms with van der Waals surface area (Å²) in [5.74, 6) is 1.82. The molecular formula is C34H41F3N4O. The third kappa shape index (κ3) is 7.64. The molecule has 2 aliphatic rings. The van der Waals surface area contributed by atoms with Crippen LogP contribution in [0, 0.1) is 11.8 Å². The van der Waals surface area contributed by atoms with Crippen LogP contribution in [0.4, 0.5) is 24.7 Å². The van der Waals surface area contributed by atoms with Crippen molar-refractivity contribution in [3.8, 4) is 11.1 Å². The van der Waals surface area contributed by atoms with Crippen LogP contribution in [0.2, 0.25) is 0 Å². The van der Waals surface area contributed by atoms with E-state index in [2.05, 4.69) is 26.6 Å². The van der Waals surface area contributed by atoms with Gasteiger partial charge >= 0.3 is 6.18 Å². The van der Waals surface area contributed by atoms with E-state index in [1.165, 1.54) is 31.4 Å². The molecule has 1 saturated carbocycles. The molecule has 2 N–H and O–H groups in total. The van der Waals surface area contributed by atoms with Crippen molar-refractivity contribution in [1.82, 2.24) is 10.3 Å². The van der Waals surface area contributed by atoms with E-state index >= 15 is 0 Å². The summed E-state index contributed by atoms with van der Waals surface area (Å²) in [6.45, 7) is 4.45. The van der Waals surface area contributed by atoms with Gasteiger partial charge in [0.2, 0.25) is 0 Å². The summed E-state index contributed by atoms with van der Waals surface area (Å²) < 4.78 is 39.1. The average molecular weight is 579 g/mol. The van der Waals surface area contributed by atoms with E-state index in [1.54, 1.807) is 12.1 Å². The first-order chi connectivity index (χ1) is 20.3. The number of carbonyl (C=O) groups excluding carboxylic acids is 1. The molecule has 1 amide bonds. The number of alkyl halides is 3. The number of aromatic nitrogens is 1. The molecule has 1 saturated heterocycles. The summed E-state index contributed by atoms with van der Waals surface area (Å²) in [5, 5.41) is 6.69. The van der Waals surface area contributed by atoms with Crippen molar-refractivity contribution < 1.29 is 18.0 Å². The first kappa shape index (κ1) is 29.9. The maximum absolute atomic E-state index is 13.0. The van der Waals surface area contributed by atoms with Crippen LogP contribution < -0.4 is 15.5 Å². The quantitative estimate of drug-likeness (QED) is 0.269. The molecule has 1 aromatic heterocycles. The Hall–Kier alpha value is -3.55. The number of hydrogen-bond donors (Lipinski definition) is 2. The van der Waals surface area contributed by atoms with Gasteiger partial charge in [-0.1, -0.05) is 31.9 Å². The number of carbonyl (C=O) groups is 1. The normalized spacial score (nSPS) is 21.1. The lowest BCUT2D eigenvalue weighted by Gasteiger charge is -2.39. The number of pyridine rings is 1. The van der Waals surface area contributed by atoms with Gasteiger partial charge in [0, 0.05) is 43.1 Å². The number of piperidine rings is 1. The van der Waals surface area contributed by atoms with Gasteiger partial charge in [-0.25, -0.2) is 4.98 Å². The molecule has 0 spiro atoms. The summed E-state index contributed by atoms with van der Waals surface area (Å²) in [6, 6.07) is 17.7. The molecule has 2 fully saturated rings. The van der Waals surface area contributed by atoms with Crippen LogP contribution in [0.15, 0.2) is 66.9 Å². The maximum atomic E-state index is 13.0. The molecule has 0 unspecified atom stereocenters. The molecule has 3 aromatic rings. The second-order valence-corrected chi connectivity index (χ2v) is 11.8. The van der Waals surface area contributed by atoms with E-state index in [1.807, 2.05) is 43.5 Å². The zero-order valence-electron chi connectivity index (χ0n) is 24.3. The number of hydrogen-bond acceptors (Lipinski definition) is 4. The third-order valence-electron chi connectivity index (χ3n) is 8.71. The number of benzene rings is 2. The highest BCUT2D eigenvalue weighted by atomic mass is 19.4. The largest absolute Gasteiger partial charge is 0.416 e. The van der Waals surface area contributed by atoms with Crippen molar-refractivity contribution in [1.29, 1.82) is 0 Å². The van der Waals surface area contributed by atoms with Gasteiger partial charge in [0.1, 0.15) is 5.82 Å². The van der Waals surface area contributed by atoms with E-state index in [4.69, 9.17) is 0 Å². The average Bonchev–Trinajstić information content (AvgIpc) is 3.01. The van der Waals surface area contributed by atoms with E-state index in [9.17, 15) is 18.0 Å². The van der Waals surface area contributed by atoms with Gasteiger partial charge in [-0.3, -0.25) is 4.79 Å². The molecule has 224 valence electrons. The Kier molecular flexibility index (Phi) is 9.70. The molecule has 1 aliphatic carbocycles. The molecule has 0 bridgehead atoms. The second kappa shape index (κ2) is 13.6. The predicted octanol–water partition coefficient (Wildman–Crippen LogP) is 8.18. The fraction of sp³-hybridized carbons (Fsp3) is 0.471. The van der Waals surface area contributed by atoms with Crippen LogP contribution in [0.3, 0.4) is 0 Å². The lowest BCUT2D eigenvalue weighted by atomic mass is 9.77. The lowest BCUT2D eigenvalue weighted by Crippen LogP contribution is -2.39. The Morgan fingerprint density at radius 3 is 2.55 bits per heavy atom. The standard InChI is InChI=1S/C34H41F3N4O/c1-2-17-39-33(42)28-10-5-9-25(21-28)26-16-18-38-32(22-26)40-31-11-4-3-8-27(31)20-24-7-6-19-41(23-24)30-14-12-29(13-15-30)34(35,36)37/h5,9-10,12-16,18,21-22,24,27,31H,2-4,6-8,11,17,19-20,23H2,1H3,(H,38,40)(H,39,42)/t24-,27+,31-/m1/s1. The molecule has 5 rings (SSSR count). The fourth-order valence-electron chi connectivity index (χ4n) is 6.52. The first-order valence-electron chi connectivity index (χ1n) is 15.3. The molecule has 3 atom stereocenters. The number of halogens is 3. The Morgan fingerprint density at radius 1 is 0.976 bits per heavy atom. The topological polar surface area (TPSA) is 57.3 Å². The van der Waals surface area contributed by atoms with Crippen molar-refractivity contribution in [2.75, 3.05) is 29.9 Å². The van der Waals surface area contributed by atoms with Crippen LogP contribution in [0.25, 0.3) is 11.1 Å². The Bertz CT molecular complexity index is 1330. The van der Waals surface area contributed by atoms with Crippen molar-refractivity contribution in [2.45, 2.75) is 70.5 Å². The Morgan fingerprint density at radius 2 is 1.76 bits per heavy atom. The summed E-state index contributed by atoms with van der Waals surface area (Å²) >= 11 is 0. The zero-order valence-corrected chi connectivity index (χ0v) is 24.3. The third-order valence-corrected chi connectivity index (χ3v) is 8.71. The van der Waals surface area contributed by atoms with Crippen LogP contribution in [-0.2, 0) is 6.18 Å². The van der Waals surface area contributed by atoms with Gasteiger partial charge in [-0.05, 0) is 110 Å². The van der Waals surface area contributed by atoms with Crippen LogP contribution in [-0.4, -0.2) is 36.6 Å². The number of nitrogens with zero attached hydrogens (tertiary/aromatic N) is 2. The van der Waals surface area contributed by atoms with Crippen molar-refractivity contribution in [3.63, 3.8) is 0 Å². The molecule has 2 heterocycles. The molecular weight excluding hydrogens is 537 g/mol. The van der Waals surface area contributed by atoms with E-state index in [0.29, 0.717) is 30.0 Å². The number of rotatable bonds is 9. The maximum Gasteiger partial charge on any atom is 0.416 e. The fourth-order valence-corrected chi connectivity index (χ4v) is 6.52. The van der Waals surface area contributed by atoms with Gasteiger partial charge in [-0.15, -0.1) is 0 Å². The summed E-state index contributed by atoms with van der Waals surface area (Å²) in [4.78, 5) is 19.4. The van der Waals surface area contributed by atoms with E-state index in [-0.39, 0.29) is 5.91 Å². The Labute approximate surface area is 246 Å². The summed E-state index contributed by atoms with van der Waals surface area (Å²) in [5.41, 5.74) is 2.93. The van der Waals surface area contributed by atoms with Gasteiger partial charge in [0.05, 0.1) is 5.56 Å². The molecule has 5 nitrogen and oxygen atoms in total. The highest BCUT2D eigenvalue weighted by molar-refractivity contribution is 5.95. The van der Waals surface area contributed by atoms with Gasteiger partial charge in [0.25, 0.3) is 5.91 Å². The van der Waals surface area contributed by atoms with Crippen molar-refractivity contribution in [3.05, 3.63) is 78.0 Å². The summed E-state index contributed by atoms with van der Waals surface area (Å²) in [7, 11) is 0. The lowest BCUT2D eigenvalue weighted by molar-refractivity contribution is -0.137. The highest BCUT2D eigenvalue weighted by Crippen LogP contribution is 2.36. The van der Waals surface area contributed by atoms with Crippen LogP contribution in [0.1, 0.15) is 74.2 Å². The molecule has 42 heavy (non-hydrogen) atoms.